The van der Waals surface area contributed by atoms with Crippen LogP contribution in [-0.4, -0.2) is 35.5 Å². The molecule has 7 nitrogen and oxygen atoms in total. The Hall–Kier alpha value is -2.39. The van der Waals surface area contributed by atoms with E-state index in [1.165, 1.54) is 31.3 Å². The molecule has 1 aliphatic heterocycles. The van der Waals surface area contributed by atoms with Crippen LogP contribution in [0.15, 0.2) is 59.5 Å². The molecule has 1 amide bonds. The number of anilines is 2. The van der Waals surface area contributed by atoms with Crippen molar-refractivity contribution < 1.29 is 21.6 Å². The summed E-state index contributed by atoms with van der Waals surface area (Å²) in [4.78, 5) is 11.8. The minimum atomic E-state index is -3.79. The highest BCUT2D eigenvalue weighted by Gasteiger charge is 2.36. The van der Waals surface area contributed by atoms with Crippen LogP contribution >= 0.6 is 0 Å². The molecule has 0 spiro atoms. The van der Waals surface area contributed by atoms with Crippen molar-refractivity contribution in [2.45, 2.75) is 11.3 Å². The molecule has 0 atom stereocenters. The molecule has 0 aromatic heterocycles. The number of hydrogen-bond donors (Lipinski definition) is 0. The van der Waals surface area contributed by atoms with E-state index in [1.807, 2.05) is 0 Å². The van der Waals surface area contributed by atoms with E-state index in [0.717, 1.165) is 8.61 Å². The van der Waals surface area contributed by atoms with Crippen molar-refractivity contribution in [2.75, 3.05) is 21.4 Å². The lowest BCUT2D eigenvalue weighted by Gasteiger charge is -2.20. The predicted octanol–water partition coefficient (Wildman–Crippen LogP) is 1.58. The van der Waals surface area contributed by atoms with Gasteiger partial charge in [0.15, 0.2) is 0 Å². The highest BCUT2D eigenvalue weighted by atomic mass is 32.2. The molecule has 3 rings (SSSR count). The number of amides is 1. The van der Waals surface area contributed by atoms with Crippen molar-refractivity contribution in [3.8, 4) is 0 Å². The van der Waals surface area contributed by atoms with Gasteiger partial charge in [0.2, 0.25) is 15.9 Å². The quantitative estimate of drug-likeness (QED) is 0.803. The molecule has 132 valence electrons. The summed E-state index contributed by atoms with van der Waals surface area (Å²) in [6.07, 6.45) is -0.0703. The maximum Gasteiger partial charge on any atom is 0.264 e. The van der Waals surface area contributed by atoms with E-state index in [-0.39, 0.29) is 22.8 Å². The van der Waals surface area contributed by atoms with Gasteiger partial charge in [-0.2, -0.15) is 0 Å². The fourth-order valence-corrected chi connectivity index (χ4v) is 5.21. The Labute approximate surface area is 146 Å². The minimum absolute atomic E-state index is 0.00615. The van der Waals surface area contributed by atoms with Crippen molar-refractivity contribution in [2.24, 2.45) is 0 Å². The standard InChI is InChI=1S/C16H16N2O5S2/c1-17(13-5-3-2-4-6-13)25(22,23)15-9-7-14(8-10-15)18-16(19)11-12-24(18,20)21/h2-10H,11-12H2,1H3. The SMILES string of the molecule is CN(c1ccccc1)S(=O)(=O)c1ccc(N2C(=O)CCS2(=O)=O)cc1. The molecule has 0 radical (unpaired) electrons. The molecule has 9 heteroatoms. The van der Waals surface area contributed by atoms with Crippen molar-refractivity contribution in [3.05, 3.63) is 54.6 Å². The number of rotatable bonds is 4. The summed E-state index contributed by atoms with van der Waals surface area (Å²) in [5.41, 5.74) is 0.646. The summed E-state index contributed by atoms with van der Waals surface area (Å²) < 4.78 is 51.1. The maximum atomic E-state index is 12.7. The third kappa shape index (κ3) is 3.12. The summed E-state index contributed by atoms with van der Waals surface area (Å²) in [7, 11) is -6.03. The molecular formula is C16H16N2O5S2. The van der Waals surface area contributed by atoms with Crippen molar-refractivity contribution in [3.63, 3.8) is 0 Å². The van der Waals surface area contributed by atoms with Gasteiger partial charge < -0.3 is 0 Å². The van der Waals surface area contributed by atoms with Gasteiger partial charge in [-0.25, -0.2) is 21.1 Å². The number of benzene rings is 2. The van der Waals surface area contributed by atoms with Gasteiger partial charge in [-0.3, -0.25) is 9.10 Å². The molecule has 0 aliphatic carbocycles. The second kappa shape index (κ2) is 6.16. The molecule has 1 saturated heterocycles. The molecule has 0 bridgehead atoms. The Kier molecular flexibility index (Phi) is 4.29. The number of carbonyl (C=O) groups excluding carboxylic acids is 1. The van der Waals surface area contributed by atoms with Gasteiger partial charge in [0.1, 0.15) is 0 Å². The zero-order chi connectivity index (χ0) is 18.2. The largest absolute Gasteiger partial charge is 0.273 e. The summed E-state index contributed by atoms with van der Waals surface area (Å²) in [5, 5.41) is 0. The molecule has 2 aromatic carbocycles. The number of carbonyl (C=O) groups is 1. The smallest absolute Gasteiger partial charge is 0.264 e. The number of sulfonamides is 2. The van der Waals surface area contributed by atoms with Crippen LogP contribution in [0.3, 0.4) is 0 Å². The van der Waals surface area contributed by atoms with Crippen molar-refractivity contribution in [1.29, 1.82) is 0 Å². The first kappa shape index (κ1) is 17.4. The summed E-state index contributed by atoms with van der Waals surface area (Å²) in [6, 6.07) is 13.8. The number of para-hydroxylation sites is 1. The Morgan fingerprint density at radius 1 is 1.00 bits per heavy atom. The van der Waals surface area contributed by atoms with Crippen LogP contribution in [0.5, 0.6) is 0 Å². The lowest BCUT2D eigenvalue weighted by atomic mass is 10.3. The van der Waals surface area contributed by atoms with Crippen LogP contribution in [0, 0.1) is 0 Å². The highest BCUT2D eigenvalue weighted by Crippen LogP contribution is 2.28. The number of nitrogens with zero attached hydrogens (tertiary/aromatic N) is 2. The van der Waals surface area contributed by atoms with Gasteiger partial charge in [-0.1, -0.05) is 18.2 Å². The van der Waals surface area contributed by atoms with Gasteiger partial charge in [-0.05, 0) is 36.4 Å². The summed E-state index contributed by atoms with van der Waals surface area (Å²) in [5.74, 6) is -0.750. The van der Waals surface area contributed by atoms with Crippen molar-refractivity contribution >= 4 is 37.3 Å². The molecule has 1 heterocycles. The van der Waals surface area contributed by atoms with E-state index in [2.05, 4.69) is 0 Å². The molecule has 0 saturated carbocycles. The fourth-order valence-electron chi connectivity index (χ4n) is 2.56. The van der Waals surface area contributed by atoms with E-state index < -0.39 is 26.0 Å². The predicted molar refractivity (Wildman–Crippen MR) is 94.4 cm³/mol. The van der Waals surface area contributed by atoms with Gasteiger partial charge in [0.05, 0.1) is 22.0 Å². The fraction of sp³-hybridized carbons (Fsp3) is 0.188. The van der Waals surface area contributed by atoms with E-state index in [9.17, 15) is 21.6 Å². The van der Waals surface area contributed by atoms with Crippen LogP contribution in [0.1, 0.15) is 6.42 Å². The zero-order valence-corrected chi connectivity index (χ0v) is 15.0. The lowest BCUT2D eigenvalue weighted by molar-refractivity contribution is -0.116. The average Bonchev–Trinajstić information content (AvgIpc) is 2.88. The minimum Gasteiger partial charge on any atom is -0.273 e. The van der Waals surface area contributed by atoms with Gasteiger partial charge in [0.25, 0.3) is 10.0 Å². The first-order valence-electron chi connectivity index (χ1n) is 7.43. The van der Waals surface area contributed by atoms with Crippen LogP contribution in [0.4, 0.5) is 11.4 Å². The second-order valence-corrected chi connectivity index (χ2v) is 9.43. The molecule has 25 heavy (non-hydrogen) atoms. The van der Waals surface area contributed by atoms with E-state index in [4.69, 9.17) is 0 Å². The molecule has 0 N–H and O–H groups in total. The first-order valence-corrected chi connectivity index (χ1v) is 10.5. The van der Waals surface area contributed by atoms with Crippen LogP contribution in [-0.2, 0) is 24.8 Å². The molecule has 0 unspecified atom stereocenters. The van der Waals surface area contributed by atoms with Gasteiger partial charge in [-0.15, -0.1) is 0 Å². The van der Waals surface area contributed by atoms with Crippen LogP contribution in [0.25, 0.3) is 0 Å². The third-order valence-electron chi connectivity index (χ3n) is 3.93. The Balaban J connectivity index is 1.93. The third-order valence-corrected chi connectivity index (χ3v) is 7.42. The van der Waals surface area contributed by atoms with Crippen molar-refractivity contribution in [1.82, 2.24) is 0 Å². The van der Waals surface area contributed by atoms with Gasteiger partial charge in [0, 0.05) is 13.5 Å². The maximum absolute atomic E-state index is 12.7. The Bertz CT molecular complexity index is 1000. The summed E-state index contributed by atoms with van der Waals surface area (Å²) >= 11 is 0. The molecular weight excluding hydrogens is 364 g/mol. The lowest BCUT2D eigenvalue weighted by Crippen LogP contribution is -2.29. The number of hydrogen-bond acceptors (Lipinski definition) is 5. The average molecular weight is 380 g/mol. The monoisotopic (exact) mass is 380 g/mol. The topological polar surface area (TPSA) is 91.8 Å². The van der Waals surface area contributed by atoms with E-state index >= 15 is 0 Å². The van der Waals surface area contributed by atoms with E-state index in [1.54, 1.807) is 30.3 Å². The van der Waals surface area contributed by atoms with Crippen LogP contribution in [0.2, 0.25) is 0 Å². The van der Waals surface area contributed by atoms with Gasteiger partial charge >= 0.3 is 0 Å². The Morgan fingerprint density at radius 3 is 2.12 bits per heavy atom. The normalized spacial score (nSPS) is 16.8. The Morgan fingerprint density at radius 2 is 1.60 bits per heavy atom. The molecule has 2 aromatic rings. The first-order chi connectivity index (χ1) is 11.7. The molecule has 1 aliphatic rings. The van der Waals surface area contributed by atoms with Crippen LogP contribution < -0.4 is 8.61 Å². The van der Waals surface area contributed by atoms with E-state index in [0.29, 0.717) is 5.69 Å². The second-order valence-electron chi connectivity index (χ2n) is 5.53. The highest BCUT2D eigenvalue weighted by molar-refractivity contribution is 7.94. The summed E-state index contributed by atoms with van der Waals surface area (Å²) in [6.45, 7) is 0. The molecule has 1 fully saturated rings. The zero-order valence-electron chi connectivity index (χ0n) is 13.4.